The predicted octanol–water partition coefficient (Wildman–Crippen LogP) is 8.29. The summed E-state index contributed by atoms with van der Waals surface area (Å²) in [6.07, 6.45) is 3.93. The van der Waals surface area contributed by atoms with Gasteiger partial charge in [0.25, 0.3) is 0 Å². The first kappa shape index (κ1) is 24.3. The Morgan fingerprint density at radius 3 is 1.35 bits per heavy atom. The van der Waals surface area contributed by atoms with E-state index in [9.17, 15) is 0 Å². The van der Waals surface area contributed by atoms with Crippen molar-refractivity contribution in [2.24, 2.45) is 0 Å². The fraction of sp³-hybridized carbons (Fsp3) is 0.0857. The van der Waals surface area contributed by atoms with Crippen LogP contribution < -0.4 is 0 Å². The van der Waals surface area contributed by atoms with Crippen molar-refractivity contribution in [3.05, 3.63) is 144 Å². The smallest absolute Gasteiger partial charge is 0.152 e. The quantitative estimate of drug-likeness (QED) is 0.210. The largest absolute Gasteiger partial charge is 0.237 e. The van der Waals surface area contributed by atoms with Gasteiger partial charge in [0.05, 0.1) is 11.0 Å². The van der Waals surface area contributed by atoms with Gasteiger partial charge in [0, 0.05) is 23.2 Å². The third-order valence-corrected chi connectivity index (χ3v) is 12.7. The molecule has 40 heavy (non-hydrogen) atoms. The van der Waals surface area contributed by atoms with Crippen LogP contribution in [0.5, 0.6) is 0 Å². The van der Waals surface area contributed by atoms with Crippen LogP contribution in [0, 0.1) is 0 Å². The zero-order chi connectivity index (χ0) is 27.1. The Balaban J connectivity index is 1.61. The standard InChI is InChI=1S/C35H28N4Si/c1-3-40(2)32(34-36-22-26-18-10-12-20-28(26)38-34)30(24-14-6-4-7-15-24)31(25-16-8-5-9-17-25)33(40)35-37-23-27-19-11-13-21-29(27)39-35/h4-23H,3H2,1-2H3. The monoisotopic (exact) mass is 532 g/mol. The van der Waals surface area contributed by atoms with E-state index >= 15 is 0 Å². The molecular formula is C35H28N4Si. The minimum atomic E-state index is -2.46. The predicted molar refractivity (Wildman–Crippen MR) is 168 cm³/mol. The molecule has 0 N–H and O–H groups in total. The Morgan fingerprint density at radius 1 is 0.525 bits per heavy atom. The highest BCUT2D eigenvalue weighted by atomic mass is 28.3. The highest BCUT2D eigenvalue weighted by Gasteiger charge is 2.48. The van der Waals surface area contributed by atoms with E-state index in [4.69, 9.17) is 19.9 Å². The number of rotatable bonds is 5. The number of allylic oxidation sites excluding steroid dienone is 2. The number of aromatic nitrogens is 4. The molecule has 1 aliphatic rings. The SMILES string of the molecule is CC[Si]1(C)C(c2ncc3ccccc3n2)=C(c2ccccc2)C(c2ccccc2)=C1c1ncc2ccccc2n1. The molecular weight excluding hydrogens is 504 g/mol. The number of fused-ring (bicyclic) bond motifs is 2. The van der Waals surface area contributed by atoms with E-state index in [1.807, 2.05) is 36.7 Å². The summed E-state index contributed by atoms with van der Waals surface area (Å²) in [5.41, 5.74) is 6.63. The van der Waals surface area contributed by atoms with Crippen molar-refractivity contribution in [2.75, 3.05) is 0 Å². The number of nitrogens with zero attached hydrogens (tertiary/aromatic N) is 4. The molecule has 0 saturated carbocycles. The average Bonchev–Trinajstić information content (AvgIpc) is 3.31. The van der Waals surface area contributed by atoms with E-state index < -0.39 is 8.07 Å². The molecule has 2 aromatic heterocycles. The first-order chi connectivity index (χ1) is 19.7. The molecule has 0 spiro atoms. The Labute approximate surface area is 234 Å². The molecule has 0 aliphatic carbocycles. The van der Waals surface area contributed by atoms with Gasteiger partial charge in [-0.15, -0.1) is 0 Å². The molecule has 5 heteroatoms. The van der Waals surface area contributed by atoms with Crippen LogP contribution in [0.2, 0.25) is 12.6 Å². The fourth-order valence-corrected chi connectivity index (χ4v) is 9.80. The third-order valence-electron chi connectivity index (χ3n) is 8.11. The van der Waals surface area contributed by atoms with Crippen LogP contribution in [0.3, 0.4) is 0 Å². The molecule has 0 radical (unpaired) electrons. The van der Waals surface area contributed by atoms with Crippen LogP contribution in [0.15, 0.2) is 122 Å². The molecule has 7 rings (SSSR count). The minimum Gasteiger partial charge on any atom is -0.237 e. The Bertz CT molecular complexity index is 1810. The van der Waals surface area contributed by atoms with Crippen LogP contribution in [-0.4, -0.2) is 28.0 Å². The number of hydrogen-bond acceptors (Lipinski definition) is 4. The number of benzene rings is 4. The maximum Gasteiger partial charge on any atom is 0.152 e. The van der Waals surface area contributed by atoms with Gasteiger partial charge in [-0.25, -0.2) is 19.9 Å². The van der Waals surface area contributed by atoms with Gasteiger partial charge in [0.1, 0.15) is 8.07 Å². The molecule has 0 atom stereocenters. The molecule has 4 nitrogen and oxygen atoms in total. The van der Waals surface area contributed by atoms with Crippen LogP contribution in [-0.2, 0) is 0 Å². The van der Waals surface area contributed by atoms with Crippen molar-refractivity contribution in [1.82, 2.24) is 19.9 Å². The summed E-state index contributed by atoms with van der Waals surface area (Å²) in [7, 11) is -2.46. The Morgan fingerprint density at radius 2 is 0.925 bits per heavy atom. The first-order valence-electron chi connectivity index (χ1n) is 13.7. The minimum absolute atomic E-state index is 0.804. The summed E-state index contributed by atoms with van der Waals surface area (Å²) in [5, 5.41) is 4.58. The van der Waals surface area contributed by atoms with E-state index in [0.717, 1.165) is 50.6 Å². The second-order valence-electron chi connectivity index (χ2n) is 10.4. The molecule has 0 amide bonds. The molecule has 0 saturated heterocycles. The lowest BCUT2D eigenvalue weighted by Crippen LogP contribution is -2.33. The summed E-state index contributed by atoms with van der Waals surface area (Å²) >= 11 is 0. The lowest BCUT2D eigenvalue weighted by Gasteiger charge is -2.27. The molecule has 0 fully saturated rings. The maximum absolute atomic E-state index is 5.18. The van der Waals surface area contributed by atoms with Gasteiger partial charge >= 0.3 is 0 Å². The topological polar surface area (TPSA) is 51.6 Å². The van der Waals surface area contributed by atoms with Crippen molar-refractivity contribution in [2.45, 2.75) is 19.5 Å². The lowest BCUT2D eigenvalue weighted by molar-refractivity contribution is 1.16. The maximum atomic E-state index is 5.18. The fourth-order valence-electron chi connectivity index (χ4n) is 5.97. The van der Waals surface area contributed by atoms with Gasteiger partial charge in [-0.1, -0.05) is 117 Å². The molecule has 0 bridgehead atoms. The van der Waals surface area contributed by atoms with Gasteiger partial charge in [-0.2, -0.15) is 0 Å². The Kier molecular flexibility index (Phi) is 5.94. The van der Waals surface area contributed by atoms with Crippen LogP contribution in [0.1, 0.15) is 29.7 Å². The zero-order valence-electron chi connectivity index (χ0n) is 22.5. The summed E-state index contributed by atoms with van der Waals surface area (Å²) < 4.78 is 0. The molecule has 192 valence electrons. The second kappa shape index (κ2) is 9.78. The van der Waals surface area contributed by atoms with Crippen LogP contribution >= 0.6 is 0 Å². The van der Waals surface area contributed by atoms with Gasteiger partial charge in [0.2, 0.25) is 0 Å². The third kappa shape index (κ3) is 3.89. The average molecular weight is 533 g/mol. The van der Waals surface area contributed by atoms with Crippen molar-refractivity contribution in [3.63, 3.8) is 0 Å². The summed E-state index contributed by atoms with van der Waals surface area (Å²) in [4.78, 5) is 20.4. The summed E-state index contributed by atoms with van der Waals surface area (Å²) in [6, 6.07) is 38.8. The van der Waals surface area contributed by atoms with Gasteiger partial charge in [-0.3, -0.25) is 0 Å². The number of hydrogen-bond donors (Lipinski definition) is 0. The van der Waals surface area contributed by atoms with E-state index in [1.165, 1.54) is 21.5 Å². The van der Waals surface area contributed by atoms with E-state index in [1.54, 1.807) is 0 Å². The van der Waals surface area contributed by atoms with Crippen molar-refractivity contribution in [3.8, 4) is 0 Å². The zero-order valence-corrected chi connectivity index (χ0v) is 23.5. The van der Waals surface area contributed by atoms with Crippen molar-refractivity contribution >= 4 is 51.4 Å². The summed E-state index contributed by atoms with van der Waals surface area (Å²) in [6.45, 7) is 4.73. The van der Waals surface area contributed by atoms with E-state index in [2.05, 4.69) is 98.4 Å². The highest BCUT2D eigenvalue weighted by Crippen LogP contribution is 2.55. The van der Waals surface area contributed by atoms with Gasteiger partial charge < -0.3 is 0 Å². The van der Waals surface area contributed by atoms with Gasteiger partial charge in [0.15, 0.2) is 11.6 Å². The van der Waals surface area contributed by atoms with Gasteiger partial charge in [-0.05, 0) is 44.8 Å². The molecule has 1 aliphatic heterocycles. The van der Waals surface area contributed by atoms with Crippen molar-refractivity contribution < 1.29 is 0 Å². The molecule has 0 unspecified atom stereocenters. The molecule has 3 heterocycles. The van der Waals surface area contributed by atoms with E-state index in [-0.39, 0.29) is 0 Å². The number of para-hydroxylation sites is 2. The van der Waals surface area contributed by atoms with Crippen molar-refractivity contribution in [1.29, 1.82) is 0 Å². The lowest BCUT2D eigenvalue weighted by atomic mass is 9.91. The normalized spacial score (nSPS) is 14.8. The second-order valence-corrected chi connectivity index (χ2v) is 14.8. The first-order valence-corrected chi connectivity index (χ1v) is 16.4. The molecule has 4 aromatic carbocycles. The van der Waals surface area contributed by atoms with Crippen LogP contribution in [0.4, 0.5) is 0 Å². The highest BCUT2D eigenvalue weighted by molar-refractivity contribution is 7.13. The van der Waals surface area contributed by atoms with Crippen LogP contribution in [0.25, 0.3) is 43.3 Å². The molecule has 6 aromatic rings. The summed E-state index contributed by atoms with van der Waals surface area (Å²) in [5.74, 6) is 1.61. The Hall–Kier alpha value is -4.74. The van der Waals surface area contributed by atoms with E-state index in [0.29, 0.717) is 0 Å².